The summed E-state index contributed by atoms with van der Waals surface area (Å²) in [5.41, 5.74) is -1.97. The normalized spacial score (nSPS) is 11.3. The van der Waals surface area contributed by atoms with Gasteiger partial charge in [0.05, 0.1) is 35.1 Å². The molecule has 0 aliphatic heterocycles. The van der Waals surface area contributed by atoms with Crippen molar-refractivity contribution >= 4 is 11.9 Å². The molecule has 0 fully saturated rings. The van der Waals surface area contributed by atoms with Gasteiger partial charge in [-0.2, -0.15) is 13.2 Å². The second-order valence-corrected chi connectivity index (χ2v) is 4.79. The van der Waals surface area contributed by atoms with E-state index in [-0.39, 0.29) is 6.54 Å². The van der Waals surface area contributed by atoms with E-state index in [4.69, 9.17) is 5.11 Å². The summed E-state index contributed by atoms with van der Waals surface area (Å²) < 4.78 is 40.7. The van der Waals surface area contributed by atoms with Crippen LogP contribution in [0.1, 0.15) is 38.9 Å². The zero-order valence-corrected chi connectivity index (χ0v) is 12.5. The number of hydrogen-bond donors (Lipinski definition) is 2. The van der Waals surface area contributed by atoms with Crippen LogP contribution in [0.2, 0.25) is 0 Å². The predicted molar refractivity (Wildman–Crippen MR) is 75.3 cm³/mol. The van der Waals surface area contributed by atoms with Gasteiger partial charge in [0, 0.05) is 6.54 Å². The third-order valence-corrected chi connectivity index (χ3v) is 3.24. The van der Waals surface area contributed by atoms with Gasteiger partial charge in [0.25, 0.3) is 5.91 Å². The number of aromatic nitrogens is 3. The number of hydrogen-bond acceptors (Lipinski definition) is 4. The van der Waals surface area contributed by atoms with Gasteiger partial charge in [0.2, 0.25) is 0 Å². The molecule has 1 aromatic heterocycles. The van der Waals surface area contributed by atoms with E-state index in [2.05, 4.69) is 15.6 Å². The lowest BCUT2D eigenvalue weighted by Gasteiger charge is -2.13. The summed E-state index contributed by atoms with van der Waals surface area (Å²) in [5, 5.41) is 18.5. The molecule has 24 heavy (non-hydrogen) atoms. The molecule has 2 rings (SSSR count). The van der Waals surface area contributed by atoms with Gasteiger partial charge in [0.15, 0.2) is 0 Å². The zero-order valence-electron chi connectivity index (χ0n) is 12.5. The van der Waals surface area contributed by atoms with Crippen molar-refractivity contribution in [3.8, 4) is 0 Å². The first-order valence-electron chi connectivity index (χ1n) is 6.84. The van der Waals surface area contributed by atoms with Crippen LogP contribution in [0.3, 0.4) is 0 Å². The third-order valence-electron chi connectivity index (χ3n) is 3.24. The number of halogens is 3. The van der Waals surface area contributed by atoms with Crippen LogP contribution in [-0.2, 0) is 19.3 Å². The van der Waals surface area contributed by atoms with E-state index < -0.39 is 34.7 Å². The molecular weight excluding hydrogens is 329 g/mol. The van der Waals surface area contributed by atoms with Crippen LogP contribution in [0.15, 0.2) is 24.4 Å². The maximum atomic E-state index is 13.1. The molecule has 0 radical (unpaired) electrons. The molecule has 1 aromatic carbocycles. The highest BCUT2D eigenvalue weighted by atomic mass is 19.4. The van der Waals surface area contributed by atoms with Crippen molar-refractivity contribution in [1.29, 1.82) is 0 Å². The molecule has 0 saturated carbocycles. The highest BCUT2D eigenvalue weighted by Gasteiger charge is 2.36. The number of rotatable bonds is 5. The fourth-order valence-electron chi connectivity index (χ4n) is 2.06. The minimum absolute atomic E-state index is 0.0579. The number of aromatic carboxylic acids is 1. The second kappa shape index (κ2) is 6.69. The minimum atomic E-state index is -4.86. The number of aryl methyl sites for hydroxylation is 1. The number of nitrogens with one attached hydrogen (secondary N) is 1. The molecular formula is C14H13F3N4O3. The molecule has 0 saturated heterocycles. The Bertz CT molecular complexity index is 771. The molecule has 0 bridgehead atoms. The SMILES string of the molecule is CCn1nncc1CNC(=O)c1ccc(C(=O)O)cc1C(F)(F)F. The van der Waals surface area contributed by atoms with Crippen molar-refractivity contribution in [3.63, 3.8) is 0 Å². The fraction of sp³-hybridized carbons (Fsp3) is 0.286. The van der Waals surface area contributed by atoms with E-state index in [1.807, 2.05) is 0 Å². The lowest BCUT2D eigenvalue weighted by atomic mass is 10.0. The molecule has 128 valence electrons. The largest absolute Gasteiger partial charge is 0.478 e. The van der Waals surface area contributed by atoms with E-state index in [9.17, 15) is 22.8 Å². The Kier molecular flexibility index (Phi) is 4.86. The molecule has 0 aliphatic rings. The number of benzene rings is 1. The van der Waals surface area contributed by atoms with Gasteiger partial charge in [-0.3, -0.25) is 4.79 Å². The molecule has 0 spiro atoms. The quantitative estimate of drug-likeness (QED) is 0.865. The summed E-state index contributed by atoms with van der Waals surface area (Å²) in [6, 6.07) is 2.23. The molecule has 1 amide bonds. The Morgan fingerprint density at radius 2 is 2.04 bits per heavy atom. The van der Waals surface area contributed by atoms with Crippen molar-refractivity contribution in [3.05, 3.63) is 46.8 Å². The number of nitrogens with zero attached hydrogens (tertiary/aromatic N) is 3. The number of carboxylic acid groups (broad SMARTS) is 1. The lowest BCUT2D eigenvalue weighted by Crippen LogP contribution is -2.27. The topological polar surface area (TPSA) is 97.1 Å². The van der Waals surface area contributed by atoms with Gasteiger partial charge in [-0.05, 0) is 25.1 Å². The molecule has 1 heterocycles. The second-order valence-electron chi connectivity index (χ2n) is 4.79. The van der Waals surface area contributed by atoms with E-state index in [1.165, 1.54) is 10.9 Å². The molecule has 2 aromatic rings. The number of amides is 1. The van der Waals surface area contributed by atoms with E-state index in [0.717, 1.165) is 12.1 Å². The van der Waals surface area contributed by atoms with Crippen LogP contribution in [0.4, 0.5) is 13.2 Å². The summed E-state index contributed by atoms with van der Waals surface area (Å²) in [5.74, 6) is -2.48. The summed E-state index contributed by atoms with van der Waals surface area (Å²) in [6.45, 7) is 2.23. The predicted octanol–water partition coefficient (Wildman–Crippen LogP) is 1.94. The summed E-state index contributed by atoms with van der Waals surface area (Å²) in [7, 11) is 0. The van der Waals surface area contributed by atoms with Gasteiger partial charge >= 0.3 is 12.1 Å². The highest BCUT2D eigenvalue weighted by Crippen LogP contribution is 2.32. The van der Waals surface area contributed by atoms with Crippen LogP contribution < -0.4 is 5.32 Å². The minimum Gasteiger partial charge on any atom is -0.478 e. The lowest BCUT2D eigenvalue weighted by molar-refractivity contribution is -0.137. The summed E-state index contributed by atoms with van der Waals surface area (Å²) in [6.07, 6.45) is -3.47. The maximum Gasteiger partial charge on any atom is 0.417 e. The van der Waals surface area contributed by atoms with Gasteiger partial charge in [0.1, 0.15) is 0 Å². The monoisotopic (exact) mass is 342 g/mol. The van der Waals surface area contributed by atoms with Crippen LogP contribution in [0, 0.1) is 0 Å². The molecule has 0 unspecified atom stereocenters. The average Bonchev–Trinajstić information content (AvgIpc) is 2.98. The molecule has 10 heteroatoms. The Balaban J connectivity index is 2.27. The average molecular weight is 342 g/mol. The number of carboxylic acids is 1. The van der Waals surface area contributed by atoms with Crippen molar-refractivity contribution in [2.24, 2.45) is 0 Å². The maximum absolute atomic E-state index is 13.1. The van der Waals surface area contributed by atoms with Crippen LogP contribution >= 0.6 is 0 Å². The first-order chi connectivity index (χ1) is 11.2. The first-order valence-corrected chi connectivity index (χ1v) is 6.84. The van der Waals surface area contributed by atoms with Crippen LogP contribution in [0.5, 0.6) is 0 Å². The Morgan fingerprint density at radius 3 is 2.62 bits per heavy atom. The number of carbonyl (C=O) groups excluding carboxylic acids is 1. The van der Waals surface area contributed by atoms with E-state index >= 15 is 0 Å². The van der Waals surface area contributed by atoms with Crippen LogP contribution in [0.25, 0.3) is 0 Å². The van der Waals surface area contributed by atoms with Crippen molar-refractivity contribution in [2.45, 2.75) is 26.2 Å². The van der Waals surface area contributed by atoms with E-state index in [0.29, 0.717) is 18.3 Å². The zero-order chi connectivity index (χ0) is 17.9. The Morgan fingerprint density at radius 1 is 1.33 bits per heavy atom. The smallest absolute Gasteiger partial charge is 0.417 e. The standard InChI is InChI=1S/C14H13F3N4O3/c1-2-21-9(7-19-20-21)6-18-12(22)10-4-3-8(13(23)24)5-11(10)14(15,16)17/h3-5,7H,2,6H2,1H3,(H,18,22)(H,23,24). The summed E-state index contributed by atoms with van der Waals surface area (Å²) >= 11 is 0. The van der Waals surface area contributed by atoms with E-state index in [1.54, 1.807) is 6.92 Å². The molecule has 0 aliphatic carbocycles. The Hall–Kier alpha value is -2.91. The highest BCUT2D eigenvalue weighted by molar-refractivity contribution is 5.97. The van der Waals surface area contributed by atoms with Crippen molar-refractivity contribution in [2.75, 3.05) is 0 Å². The van der Waals surface area contributed by atoms with Crippen LogP contribution in [-0.4, -0.2) is 32.0 Å². The van der Waals surface area contributed by atoms with Gasteiger partial charge in [-0.25, -0.2) is 9.48 Å². The van der Waals surface area contributed by atoms with Gasteiger partial charge in [-0.15, -0.1) is 5.10 Å². The third kappa shape index (κ3) is 3.70. The number of alkyl halides is 3. The molecule has 7 nitrogen and oxygen atoms in total. The molecule has 2 N–H and O–H groups in total. The molecule has 0 atom stereocenters. The first kappa shape index (κ1) is 17.4. The number of carbonyl (C=O) groups is 2. The van der Waals surface area contributed by atoms with Crippen molar-refractivity contribution in [1.82, 2.24) is 20.3 Å². The summed E-state index contributed by atoms with van der Waals surface area (Å²) in [4.78, 5) is 22.9. The van der Waals surface area contributed by atoms with Gasteiger partial charge in [-0.1, -0.05) is 5.21 Å². The fourth-order valence-corrected chi connectivity index (χ4v) is 2.06. The van der Waals surface area contributed by atoms with Crippen molar-refractivity contribution < 1.29 is 27.9 Å². The Labute approximate surface area is 134 Å². The van der Waals surface area contributed by atoms with Gasteiger partial charge < -0.3 is 10.4 Å².